The number of rotatable bonds is 5. The summed E-state index contributed by atoms with van der Waals surface area (Å²) in [6.45, 7) is 0. The van der Waals surface area contributed by atoms with Crippen molar-refractivity contribution in [3.63, 3.8) is 0 Å². The van der Waals surface area contributed by atoms with Crippen LogP contribution in [0.5, 0.6) is 0 Å². The van der Waals surface area contributed by atoms with E-state index < -0.39 is 5.41 Å². The highest BCUT2D eigenvalue weighted by molar-refractivity contribution is 6.01. The molecule has 1 spiro atoms. The SMILES string of the molecule is c1ccc(-c2ccc(N(c3ccc(-c4ccccc4)cc3)c3cccc4c3-c3ccccc3C43c4ccccc4-c4ccccc4-c4ccccc43)cc2)cc1. The standard InChI is InChI=1S/C55H37N/c1-3-16-38(17-4-1)40-30-34-42(35-31-40)56(43-36-32-41(33-37-43)39-18-5-2-6-19-39)53-29-15-28-52-54(53)48-24-11-14-27-51(48)55(52)49-25-12-9-22-46(49)44-20-7-8-21-45(44)47-23-10-13-26-50(47)55/h1-37H. The van der Waals surface area contributed by atoms with E-state index in [-0.39, 0.29) is 0 Å². The van der Waals surface area contributed by atoms with E-state index in [0.29, 0.717) is 0 Å². The summed E-state index contributed by atoms with van der Waals surface area (Å²) >= 11 is 0. The van der Waals surface area contributed by atoms with Crippen molar-refractivity contribution in [3.8, 4) is 55.6 Å². The molecule has 0 unspecified atom stereocenters. The molecule has 1 nitrogen and oxygen atoms in total. The smallest absolute Gasteiger partial charge is 0.0726 e. The molecule has 0 amide bonds. The Bertz CT molecular complexity index is 2740. The molecule has 1 heteroatoms. The molecule has 0 saturated heterocycles. The molecule has 0 heterocycles. The van der Waals surface area contributed by atoms with Gasteiger partial charge in [-0.25, -0.2) is 0 Å². The Hall–Kier alpha value is -7.22. The van der Waals surface area contributed by atoms with Gasteiger partial charge in [0.1, 0.15) is 0 Å². The van der Waals surface area contributed by atoms with Gasteiger partial charge in [0.15, 0.2) is 0 Å². The van der Waals surface area contributed by atoms with Gasteiger partial charge < -0.3 is 4.90 Å². The minimum Gasteiger partial charge on any atom is -0.310 e. The number of nitrogens with zero attached hydrogens (tertiary/aromatic N) is 1. The molecule has 0 aliphatic heterocycles. The van der Waals surface area contributed by atoms with E-state index >= 15 is 0 Å². The summed E-state index contributed by atoms with van der Waals surface area (Å²) in [6.07, 6.45) is 0. The first-order valence-corrected chi connectivity index (χ1v) is 19.4. The molecule has 0 radical (unpaired) electrons. The third kappa shape index (κ3) is 4.81. The molecule has 56 heavy (non-hydrogen) atoms. The van der Waals surface area contributed by atoms with Gasteiger partial charge in [-0.1, -0.05) is 194 Å². The summed E-state index contributed by atoms with van der Waals surface area (Å²) < 4.78 is 0. The van der Waals surface area contributed by atoms with Gasteiger partial charge in [-0.2, -0.15) is 0 Å². The van der Waals surface area contributed by atoms with Crippen molar-refractivity contribution in [1.29, 1.82) is 0 Å². The topological polar surface area (TPSA) is 3.24 Å². The number of fused-ring (bicyclic) bond motifs is 12. The summed E-state index contributed by atoms with van der Waals surface area (Å²) in [6, 6.07) is 82.6. The fraction of sp³-hybridized carbons (Fsp3) is 0.0182. The van der Waals surface area contributed by atoms with Crippen molar-refractivity contribution in [1.82, 2.24) is 0 Å². The van der Waals surface area contributed by atoms with E-state index in [0.717, 1.165) is 17.1 Å². The zero-order valence-corrected chi connectivity index (χ0v) is 30.8. The molecule has 0 fully saturated rings. The monoisotopic (exact) mass is 711 g/mol. The predicted molar refractivity (Wildman–Crippen MR) is 234 cm³/mol. The maximum absolute atomic E-state index is 2.46. The van der Waals surface area contributed by atoms with Gasteiger partial charge in [0.2, 0.25) is 0 Å². The van der Waals surface area contributed by atoms with Gasteiger partial charge in [0.05, 0.1) is 11.1 Å². The Morgan fingerprint density at radius 2 is 0.607 bits per heavy atom. The van der Waals surface area contributed by atoms with Crippen LogP contribution >= 0.6 is 0 Å². The predicted octanol–water partition coefficient (Wildman–Crippen LogP) is 14.5. The molecule has 9 aromatic carbocycles. The average molecular weight is 712 g/mol. The highest BCUT2D eigenvalue weighted by atomic mass is 15.1. The second-order valence-electron chi connectivity index (χ2n) is 14.8. The van der Waals surface area contributed by atoms with E-state index in [1.54, 1.807) is 0 Å². The first kappa shape index (κ1) is 32.2. The van der Waals surface area contributed by atoms with Gasteiger partial charge in [-0.15, -0.1) is 0 Å². The lowest BCUT2D eigenvalue weighted by Gasteiger charge is -2.35. The Morgan fingerprint density at radius 3 is 1.09 bits per heavy atom. The number of benzene rings is 9. The van der Waals surface area contributed by atoms with Gasteiger partial charge >= 0.3 is 0 Å². The third-order valence-electron chi connectivity index (χ3n) is 11.9. The van der Waals surface area contributed by atoms with Crippen LogP contribution in [0.2, 0.25) is 0 Å². The summed E-state index contributed by atoms with van der Waals surface area (Å²) in [5.41, 5.74) is 20.5. The lowest BCUT2D eigenvalue weighted by molar-refractivity contribution is 0.775. The zero-order chi connectivity index (χ0) is 37.1. The largest absolute Gasteiger partial charge is 0.310 e. The van der Waals surface area contributed by atoms with Crippen LogP contribution in [-0.4, -0.2) is 0 Å². The molecular weight excluding hydrogens is 675 g/mol. The van der Waals surface area contributed by atoms with Crippen LogP contribution in [0.1, 0.15) is 22.3 Å². The van der Waals surface area contributed by atoms with Crippen LogP contribution < -0.4 is 4.90 Å². The van der Waals surface area contributed by atoms with Crippen molar-refractivity contribution < 1.29 is 0 Å². The van der Waals surface area contributed by atoms with Crippen LogP contribution in [0, 0.1) is 0 Å². The molecule has 0 bridgehead atoms. The normalized spacial score (nSPS) is 12.8. The average Bonchev–Trinajstić information content (AvgIpc) is 3.53. The third-order valence-corrected chi connectivity index (χ3v) is 11.9. The molecule has 2 aliphatic carbocycles. The van der Waals surface area contributed by atoms with Crippen molar-refractivity contribution in [2.24, 2.45) is 0 Å². The Labute approximate surface area is 328 Å². The molecule has 262 valence electrons. The van der Waals surface area contributed by atoms with Crippen molar-refractivity contribution in [2.45, 2.75) is 5.41 Å². The van der Waals surface area contributed by atoms with E-state index in [1.807, 2.05) is 0 Å². The molecular formula is C55H37N. The summed E-state index contributed by atoms with van der Waals surface area (Å²) in [5, 5.41) is 0. The van der Waals surface area contributed by atoms with Crippen molar-refractivity contribution in [2.75, 3.05) is 4.90 Å². The molecule has 2 aliphatic rings. The minimum atomic E-state index is -0.547. The Balaban J connectivity index is 1.19. The van der Waals surface area contributed by atoms with E-state index in [4.69, 9.17) is 0 Å². The molecule has 9 aromatic rings. The number of anilines is 3. The fourth-order valence-electron chi connectivity index (χ4n) is 9.56. The van der Waals surface area contributed by atoms with Crippen LogP contribution in [0.25, 0.3) is 55.6 Å². The van der Waals surface area contributed by atoms with Gasteiger partial charge in [-0.05, 0) is 103 Å². The Kier molecular flexibility index (Phi) is 7.47. The van der Waals surface area contributed by atoms with Crippen LogP contribution in [0.15, 0.2) is 224 Å². The first-order chi connectivity index (χ1) is 27.8. The Morgan fingerprint density at radius 1 is 0.250 bits per heavy atom. The maximum Gasteiger partial charge on any atom is 0.0726 e. The highest BCUT2D eigenvalue weighted by Crippen LogP contribution is 2.63. The fourth-order valence-corrected chi connectivity index (χ4v) is 9.56. The van der Waals surface area contributed by atoms with Gasteiger partial charge in [-0.3, -0.25) is 0 Å². The summed E-state index contributed by atoms with van der Waals surface area (Å²) in [4.78, 5) is 2.46. The maximum atomic E-state index is 2.46. The first-order valence-electron chi connectivity index (χ1n) is 19.4. The quantitative estimate of drug-likeness (QED) is 0.172. The number of hydrogen-bond donors (Lipinski definition) is 0. The van der Waals surface area contributed by atoms with Gasteiger partial charge in [0.25, 0.3) is 0 Å². The number of hydrogen-bond acceptors (Lipinski definition) is 1. The molecule has 0 N–H and O–H groups in total. The lowest BCUT2D eigenvalue weighted by atomic mass is 9.66. The molecule has 0 aromatic heterocycles. The summed E-state index contributed by atoms with van der Waals surface area (Å²) in [5.74, 6) is 0. The summed E-state index contributed by atoms with van der Waals surface area (Å²) in [7, 11) is 0. The zero-order valence-electron chi connectivity index (χ0n) is 30.8. The highest BCUT2D eigenvalue weighted by Gasteiger charge is 2.50. The molecule has 0 atom stereocenters. The second kappa shape index (κ2) is 13.0. The minimum absolute atomic E-state index is 0.547. The van der Waals surface area contributed by atoms with Crippen LogP contribution in [-0.2, 0) is 5.41 Å². The van der Waals surface area contributed by atoms with Gasteiger partial charge in [0, 0.05) is 16.9 Å². The lowest BCUT2D eigenvalue weighted by Crippen LogP contribution is -2.29. The second-order valence-corrected chi connectivity index (χ2v) is 14.8. The van der Waals surface area contributed by atoms with Crippen LogP contribution in [0.3, 0.4) is 0 Å². The molecule has 0 saturated carbocycles. The van der Waals surface area contributed by atoms with Crippen molar-refractivity contribution >= 4 is 17.1 Å². The molecule has 11 rings (SSSR count). The van der Waals surface area contributed by atoms with Crippen LogP contribution in [0.4, 0.5) is 17.1 Å². The van der Waals surface area contributed by atoms with E-state index in [2.05, 4.69) is 229 Å². The van der Waals surface area contributed by atoms with Crippen molar-refractivity contribution in [3.05, 3.63) is 247 Å². The van der Waals surface area contributed by atoms with E-state index in [9.17, 15) is 0 Å². The van der Waals surface area contributed by atoms with E-state index in [1.165, 1.54) is 77.9 Å².